The van der Waals surface area contributed by atoms with E-state index in [0.717, 1.165) is 0 Å². The highest BCUT2D eigenvalue weighted by atomic mass is 16.3. The number of nitrogens with one attached hydrogen (secondary N) is 1. The van der Waals surface area contributed by atoms with Gasteiger partial charge in [-0.1, -0.05) is 36.4 Å². The Morgan fingerprint density at radius 3 is 2.75 bits per heavy atom. The van der Waals surface area contributed by atoms with E-state index in [2.05, 4.69) is 10.5 Å². The Balaban J connectivity index is 2.55. The summed E-state index contributed by atoms with van der Waals surface area (Å²) in [5.41, 5.74) is 2.79. The maximum atomic E-state index is 11.4. The predicted molar refractivity (Wildman–Crippen MR) is 62.9 cm³/mol. The minimum Gasteiger partial charge on any atom is -0.378 e. The van der Waals surface area contributed by atoms with Crippen molar-refractivity contribution in [2.24, 2.45) is 5.10 Å². The van der Waals surface area contributed by atoms with E-state index < -0.39 is 12.0 Å². The van der Waals surface area contributed by atoms with Crippen molar-refractivity contribution < 1.29 is 9.90 Å². The van der Waals surface area contributed by atoms with Crippen LogP contribution in [-0.4, -0.2) is 17.2 Å². The number of carbonyl (C=O) groups is 1. The Hall–Kier alpha value is -1.94. The number of carbonyl (C=O) groups excluding carboxylic acids is 1. The van der Waals surface area contributed by atoms with Gasteiger partial charge in [0.15, 0.2) is 6.10 Å². The van der Waals surface area contributed by atoms with Gasteiger partial charge >= 0.3 is 0 Å². The topological polar surface area (TPSA) is 61.7 Å². The van der Waals surface area contributed by atoms with E-state index in [1.807, 2.05) is 13.0 Å². The van der Waals surface area contributed by atoms with Gasteiger partial charge in [0, 0.05) is 6.21 Å². The molecule has 0 fully saturated rings. The van der Waals surface area contributed by atoms with E-state index in [1.165, 1.54) is 6.21 Å². The molecule has 4 heteroatoms. The molecule has 0 bridgehead atoms. The fourth-order valence-corrected chi connectivity index (χ4v) is 1.08. The van der Waals surface area contributed by atoms with E-state index in [0.29, 0.717) is 5.56 Å². The molecule has 0 saturated heterocycles. The molecule has 1 atom stereocenters. The number of hydrogen-bond donors (Lipinski definition) is 2. The molecule has 4 nitrogen and oxygen atoms in total. The summed E-state index contributed by atoms with van der Waals surface area (Å²) in [6.45, 7) is 1.84. The van der Waals surface area contributed by atoms with Gasteiger partial charge in [-0.2, -0.15) is 5.10 Å². The summed E-state index contributed by atoms with van der Waals surface area (Å²) in [6, 6.07) is 8.70. The first kappa shape index (κ1) is 12.1. The van der Waals surface area contributed by atoms with Crippen molar-refractivity contribution >= 4 is 12.1 Å². The van der Waals surface area contributed by atoms with Gasteiger partial charge in [0.05, 0.1) is 0 Å². The van der Waals surface area contributed by atoms with Crippen molar-refractivity contribution in [2.75, 3.05) is 0 Å². The molecule has 0 aliphatic heterocycles. The molecule has 0 spiro atoms. The lowest BCUT2D eigenvalue weighted by Crippen LogP contribution is -2.24. The van der Waals surface area contributed by atoms with Crippen molar-refractivity contribution in [3.8, 4) is 0 Å². The molecule has 2 N–H and O–H groups in total. The van der Waals surface area contributed by atoms with Crippen molar-refractivity contribution in [3.63, 3.8) is 0 Å². The maximum absolute atomic E-state index is 11.4. The molecule has 16 heavy (non-hydrogen) atoms. The zero-order valence-electron chi connectivity index (χ0n) is 9.00. The molecule has 0 aliphatic rings. The summed E-state index contributed by atoms with van der Waals surface area (Å²) in [5.74, 6) is -0.549. The molecule has 1 aromatic rings. The van der Waals surface area contributed by atoms with Crippen LogP contribution in [0.4, 0.5) is 0 Å². The number of allylic oxidation sites excluding steroid dienone is 2. The summed E-state index contributed by atoms with van der Waals surface area (Å²) < 4.78 is 0. The smallest absolute Gasteiger partial charge is 0.273 e. The van der Waals surface area contributed by atoms with Crippen LogP contribution in [0.15, 0.2) is 47.6 Å². The molecule has 0 aliphatic carbocycles. The zero-order valence-corrected chi connectivity index (χ0v) is 9.00. The van der Waals surface area contributed by atoms with Gasteiger partial charge in [0.1, 0.15) is 0 Å². The van der Waals surface area contributed by atoms with E-state index in [9.17, 15) is 9.90 Å². The van der Waals surface area contributed by atoms with Gasteiger partial charge in [-0.15, -0.1) is 0 Å². The third kappa shape index (κ3) is 3.67. The van der Waals surface area contributed by atoms with Crippen LogP contribution in [0.5, 0.6) is 0 Å². The minimum atomic E-state index is -1.19. The fraction of sp³-hybridized carbons (Fsp3) is 0.167. The van der Waals surface area contributed by atoms with E-state index in [1.54, 1.807) is 36.4 Å². The van der Waals surface area contributed by atoms with Crippen molar-refractivity contribution in [3.05, 3.63) is 48.0 Å². The Kier molecular flexibility index (Phi) is 4.95. The maximum Gasteiger partial charge on any atom is 0.273 e. The van der Waals surface area contributed by atoms with Gasteiger partial charge in [-0.3, -0.25) is 4.79 Å². The van der Waals surface area contributed by atoms with E-state index in [-0.39, 0.29) is 0 Å². The van der Waals surface area contributed by atoms with Crippen LogP contribution in [0.2, 0.25) is 0 Å². The molecule has 0 heterocycles. The van der Waals surface area contributed by atoms with Crippen LogP contribution in [0.3, 0.4) is 0 Å². The summed E-state index contributed by atoms with van der Waals surface area (Å²) >= 11 is 0. The number of aliphatic hydroxyl groups is 1. The number of hydrazone groups is 1. The van der Waals surface area contributed by atoms with Gasteiger partial charge in [-0.05, 0) is 18.6 Å². The molecule has 1 amide bonds. The minimum absolute atomic E-state index is 0.543. The molecule has 1 aromatic carbocycles. The fourth-order valence-electron chi connectivity index (χ4n) is 1.08. The predicted octanol–water partition coefficient (Wildman–Crippen LogP) is 1.40. The Labute approximate surface area is 94.3 Å². The summed E-state index contributed by atoms with van der Waals surface area (Å²) in [6.07, 6.45) is 3.71. The van der Waals surface area contributed by atoms with Gasteiger partial charge in [0.2, 0.25) is 0 Å². The number of hydrogen-bond acceptors (Lipinski definition) is 3. The summed E-state index contributed by atoms with van der Waals surface area (Å²) in [5, 5.41) is 13.3. The van der Waals surface area contributed by atoms with Crippen molar-refractivity contribution in [2.45, 2.75) is 13.0 Å². The second-order valence-electron chi connectivity index (χ2n) is 3.09. The van der Waals surface area contributed by atoms with E-state index >= 15 is 0 Å². The molecular weight excluding hydrogens is 204 g/mol. The van der Waals surface area contributed by atoms with Gasteiger partial charge < -0.3 is 5.11 Å². The number of rotatable bonds is 4. The Morgan fingerprint density at radius 1 is 1.44 bits per heavy atom. The third-order valence-electron chi connectivity index (χ3n) is 1.89. The van der Waals surface area contributed by atoms with Gasteiger partial charge in [0.25, 0.3) is 5.91 Å². The first-order chi connectivity index (χ1) is 7.75. The average molecular weight is 218 g/mol. The van der Waals surface area contributed by atoms with Crippen LogP contribution in [0.1, 0.15) is 18.6 Å². The van der Waals surface area contributed by atoms with Crippen LogP contribution >= 0.6 is 0 Å². The number of nitrogens with zero attached hydrogens (tertiary/aromatic N) is 1. The van der Waals surface area contributed by atoms with Crippen LogP contribution < -0.4 is 5.43 Å². The molecule has 1 rings (SSSR count). The van der Waals surface area contributed by atoms with Crippen LogP contribution in [-0.2, 0) is 4.79 Å². The number of benzene rings is 1. The number of amides is 1. The van der Waals surface area contributed by atoms with Crippen LogP contribution in [0.25, 0.3) is 0 Å². The number of aliphatic hydroxyl groups excluding tert-OH is 1. The van der Waals surface area contributed by atoms with Crippen LogP contribution in [0, 0.1) is 0 Å². The Bertz CT molecular complexity index is 385. The standard InChI is InChI=1S/C12H14N2O2/c1-2-3-9-13-14-12(16)11(15)10-7-5-4-6-8-10/h2-9,11,15H,1H3,(H,14,16). The average Bonchev–Trinajstić information content (AvgIpc) is 2.34. The quantitative estimate of drug-likeness (QED) is 0.592. The first-order valence-corrected chi connectivity index (χ1v) is 4.93. The lowest BCUT2D eigenvalue weighted by Gasteiger charge is -2.08. The van der Waals surface area contributed by atoms with Gasteiger partial charge in [-0.25, -0.2) is 5.43 Å². The SMILES string of the molecule is CC=CC=NNC(=O)C(O)c1ccccc1. The van der Waals surface area contributed by atoms with Crippen molar-refractivity contribution in [1.29, 1.82) is 0 Å². The largest absolute Gasteiger partial charge is 0.378 e. The third-order valence-corrected chi connectivity index (χ3v) is 1.89. The highest BCUT2D eigenvalue weighted by Gasteiger charge is 2.15. The van der Waals surface area contributed by atoms with E-state index in [4.69, 9.17) is 0 Å². The molecule has 1 unspecified atom stereocenters. The summed E-state index contributed by atoms with van der Waals surface area (Å²) in [4.78, 5) is 11.4. The molecule has 0 saturated carbocycles. The monoisotopic (exact) mass is 218 g/mol. The normalized spacial score (nSPS) is 13.1. The Morgan fingerprint density at radius 2 is 2.12 bits per heavy atom. The summed E-state index contributed by atoms with van der Waals surface area (Å²) in [7, 11) is 0. The lowest BCUT2D eigenvalue weighted by atomic mass is 10.1. The zero-order chi connectivity index (χ0) is 11.8. The highest BCUT2D eigenvalue weighted by molar-refractivity contribution is 5.83. The molecular formula is C12H14N2O2. The second kappa shape index (κ2) is 6.53. The first-order valence-electron chi connectivity index (χ1n) is 4.93. The molecule has 0 radical (unpaired) electrons. The lowest BCUT2D eigenvalue weighted by molar-refractivity contribution is -0.129. The molecule has 84 valence electrons. The van der Waals surface area contributed by atoms with Crippen molar-refractivity contribution in [1.82, 2.24) is 5.43 Å². The second-order valence-corrected chi connectivity index (χ2v) is 3.09. The highest BCUT2D eigenvalue weighted by Crippen LogP contribution is 2.11. The molecule has 0 aromatic heterocycles.